The SMILES string of the molecule is Cc1ccc(-c2cc(C(=O)N3CCN(c4cccc(Cl)c4)CC3)c3ccccc3n2)s1. The maximum Gasteiger partial charge on any atom is 0.254 e. The monoisotopic (exact) mass is 447 g/mol. The number of anilines is 1. The predicted molar refractivity (Wildman–Crippen MR) is 129 cm³/mol. The highest BCUT2D eigenvalue weighted by Gasteiger charge is 2.24. The number of pyridine rings is 1. The second kappa shape index (κ2) is 8.33. The standard InChI is InChI=1S/C25H22ClN3OS/c1-17-9-10-24(31-17)23-16-21(20-7-2-3-8-22(20)27-23)25(30)29-13-11-28(12-14-29)19-6-4-5-18(26)15-19/h2-10,15-16H,11-14H2,1H3. The van der Waals surface area contributed by atoms with Crippen LogP contribution >= 0.6 is 22.9 Å². The zero-order chi connectivity index (χ0) is 21.4. The minimum absolute atomic E-state index is 0.0684. The summed E-state index contributed by atoms with van der Waals surface area (Å²) < 4.78 is 0. The van der Waals surface area contributed by atoms with Crippen LogP contribution in [0.25, 0.3) is 21.5 Å². The summed E-state index contributed by atoms with van der Waals surface area (Å²) in [7, 11) is 0. The number of aromatic nitrogens is 1. The number of thiophene rings is 1. The van der Waals surface area contributed by atoms with E-state index in [1.165, 1.54) is 4.88 Å². The summed E-state index contributed by atoms with van der Waals surface area (Å²) in [6.07, 6.45) is 0. The van der Waals surface area contributed by atoms with Crippen molar-refractivity contribution in [3.05, 3.63) is 82.2 Å². The van der Waals surface area contributed by atoms with Gasteiger partial charge < -0.3 is 9.80 Å². The van der Waals surface area contributed by atoms with Crippen molar-refractivity contribution in [2.75, 3.05) is 31.1 Å². The van der Waals surface area contributed by atoms with Crippen molar-refractivity contribution in [1.82, 2.24) is 9.88 Å². The van der Waals surface area contributed by atoms with Crippen molar-refractivity contribution < 1.29 is 4.79 Å². The number of benzene rings is 2. The predicted octanol–water partition coefficient (Wildman–Crippen LogP) is 5.89. The minimum Gasteiger partial charge on any atom is -0.368 e. The molecule has 156 valence electrons. The van der Waals surface area contributed by atoms with Crippen molar-refractivity contribution in [2.45, 2.75) is 6.92 Å². The van der Waals surface area contributed by atoms with Gasteiger partial charge in [0.25, 0.3) is 5.91 Å². The van der Waals surface area contributed by atoms with Crippen LogP contribution in [0.5, 0.6) is 0 Å². The molecule has 0 atom stereocenters. The van der Waals surface area contributed by atoms with Gasteiger partial charge in [-0.1, -0.05) is 35.9 Å². The Morgan fingerprint density at radius 1 is 0.968 bits per heavy atom. The Labute approximate surface area is 190 Å². The fourth-order valence-corrected chi connectivity index (χ4v) is 5.07. The molecular formula is C25H22ClN3OS. The average molecular weight is 448 g/mol. The lowest BCUT2D eigenvalue weighted by atomic mass is 10.1. The first-order valence-electron chi connectivity index (χ1n) is 10.3. The van der Waals surface area contributed by atoms with Crippen LogP contribution in [-0.2, 0) is 0 Å². The third kappa shape index (κ3) is 4.03. The van der Waals surface area contributed by atoms with E-state index in [1.807, 2.05) is 53.4 Å². The van der Waals surface area contributed by atoms with Gasteiger partial charge in [-0.3, -0.25) is 4.79 Å². The molecule has 1 amide bonds. The van der Waals surface area contributed by atoms with Crippen LogP contribution in [0.2, 0.25) is 5.02 Å². The van der Waals surface area contributed by atoms with E-state index in [2.05, 4.69) is 30.0 Å². The number of piperazine rings is 1. The second-order valence-electron chi connectivity index (χ2n) is 7.74. The Morgan fingerprint density at radius 2 is 1.77 bits per heavy atom. The quantitative estimate of drug-likeness (QED) is 0.393. The molecule has 1 fully saturated rings. The van der Waals surface area contributed by atoms with Crippen LogP contribution in [0.1, 0.15) is 15.2 Å². The van der Waals surface area contributed by atoms with E-state index < -0.39 is 0 Å². The van der Waals surface area contributed by atoms with Crippen LogP contribution in [-0.4, -0.2) is 42.0 Å². The molecule has 3 heterocycles. The molecule has 0 saturated carbocycles. The van der Waals surface area contributed by atoms with Gasteiger partial charge in [0.05, 0.1) is 21.7 Å². The van der Waals surface area contributed by atoms with E-state index >= 15 is 0 Å². The number of carbonyl (C=O) groups excluding carboxylic acids is 1. The molecule has 4 aromatic rings. The van der Waals surface area contributed by atoms with Crippen LogP contribution in [0, 0.1) is 6.92 Å². The van der Waals surface area contributed by atoms with Gasteiger partial charge in [-0.15, -0.1) is 11.3 Å². The molecule has 6 heteroatoms. The van der Waals surface area contributed by atoms with Crippen molar-refractivity contribution in [3.8, 4) is 10.6 Å². The molecule has 1 aliphatic heterocycles. The maximum atomic E-state index is 13.6. The Kier molecular flexibility index (Phi) is 5.38. The molecule has 31 heavy (non-hydrogen) atoms. The summed E-state index contributed by atoms with van der Waals surface area (Å²) in [4.78, 5) is 24.9. The number of amides is 1. The van der Waals surface area contributed by atoms with Crippen LogP contribution in [0.15, 0.2) is 66.7 Å². The molecule has 0 N–H and O–H groups in total. The minimum atomic E-state index is 0.0684. The Balaban J connectivity index is 1.43. The molecule has 0 spiro atoms. The molecule has 2 aromatic carbocycles. The summed E-state index contributed by atoms with van der Waals surface area (Å²) in [5.74, 6) is 0.0684. The first-order valence-corrected chi connectivity index (χ1v) is 11.5. The number of halogens is 1. The highest BCUT2D eigenvalue weighted by molar-refractivity contribution is 7.15. The van der Waals surface area contributed by atoms with E-state index in [0.29, 0.717) is 13.1 Å². The number of hydrogen-bond acceptors (Lipinski definition) is 4. The first kappa shape index (κ1) is 20.0. The van der Waals surface area contributed by atoms with Gasteiger partial charge in [-0.05, 0) is 49.4 Å². The summed E-state index contributed by atoms with van der Waals surface area (Å²) in [5, 5.41) is 1.64. The zero-order valence-corrected chi connectivity index (χ0v) is 18.8. The number of rotatable bonds is 3. The van der Waals surface area contributed by atoms with E-state index in [-0.39, 0.29) is 5.91 Å². The summed E-state index contributed by atoms with van der Waals surface area (Å²) >= 11 is 7.85. The van der Waals surface area contributed by atoms with Crippen LogP contribution in [0.4, 0.5) is 5.69 Å². The zero-order valence-electron chi connectivity index (χ0n) is 17.2. The lowest BCUT2D eigenvalue weighted by Crippen LogP contribution is -2.48. The number of carbonyl (C=O) groups is 1. The van der Waals surface area contributed by atoms with E-state index in [1.54, 1.807) is 11.3 Å². The maximum absolute atomic E-state index is 13.6. The third-order valence-electron chi connectivity index (χ3n) is 5.68. The molecule has 0 unspecified atom stereocenters. The smallest absolute Gasteiger partial charge is 0.254 e. The molecule has 0 aliphatic carbocycles. The van der Waals surface area contributed by atoms with E-state index in [0.717, 1.165) is 50.8 Å². The van der Waals surface area contributed by atoms with Gasteiger partial charge in [0, 0.05) is 47.2 Å². The molecule has 4 nitrogen and oxygen atoms in total. The lowest BCUT2D eigenvalue weighted by molar-refractivity contribution is 0.0748. The van der Waals surface area contributed by atoms with Gasteiger partial charge in [-0.2, -0.15) is 0 Å². The van der Waals surface area contributed by atoms with Gasteiger partial charge in [0.2, 0.25) is 0 Å². The number of para-hydroxylation sites is 1. The number of aryl methyl sites for hydroxylation is 1. The molecule has 0 radical (unpaired) electrons. The van der Waals surface area contributed by atoms with Crippen LogP contribution < -0.4 is 4.90 Å². The largest absolute Gasteiger partial charge is 0.368 e. The Morgan fingerprint density at radius 3 is 2.52 bits per heavy atom. The van der Waals surface area contributed by atoms with Crippen molar-refractivity contribution in [3.63, 3.8) is 0 Å². The molecule has 1 saturated heterocycles. The number of nitrogens with zero attached hydrogens (tertiary/aromatic N) is 3. The van der Waals surface area contributed by atoms with E-state index in [4.69, 9.17) is 16.6 Å². The highest BCUT2D eigenvalue weighted by atomic mass is 35.5. The van der Waals surface area contributed by atoms with E-state index in [9.17, 15) is 4.79 Å². The van der Waals surface area contributed by atoms with Crippen molar-refractivity contribution in [1.29, 1.82) is 0 Å². The molecule has 5 rings (SSSR count). The first-order chi connectivity index (χ1) is 15.1. The van der Waals surface area contributed by atoms with Crippen LogP contribution in [0.3, 0.4) is 0 Å². The normalized spacial score (nSPS) is 14.3. The van der Waals surface area contributed by atoms with Gasteiger partial charge >= 0.3 is 0 Å². The second-order valence-corrected chi connectivity index (χ2v) is 9.47. The average Bonchev–Trinajstić information content (AvgIpc) is 3.24. The highest BCUT2D eigenvalue weighted by Crippen LogP contribution is 2.31. The summed E-state index contributed by atoms with van der Waals surface area (Å²) in [5.41, 5.74) is 3.54. The fraction of sp³-hybridized carbons (Fsp3) is 0.200. The Hall–Kier alpha value is -2.89. The van der Waals surface area contributed by atoms with Crippen molar-refractivity contribution in [2.24, 2.45) is 0 Å². The molecule has 1 aliphatic rings. The van der Waals surface area contributed by atoms with Crippen molar-refractivity contribution >= 4 is 45.4 Å². The Bertz CT molecular complexity index is 1260. The lowest BCUT2D eigenvalue weighted by Gasteiger charge is -2.36. The third-order valence-corrected chi connectivity index (χ3v) is 6.94. The summed E-state index contributed by atoms with van der Waals surface area (Å²) in [6, 6.07) is 21.9. The molecule has 0 bridgehead atoms. The number of hydrogen-bond donors (Lipinski definition) is 0. The topological polar surface area (TPSA) is 36.4 Å². The molecular weight excluding hydrogens is 426 g/mol. The van der Waals surface area contributed by atoms with Gasteiger partial charge in [-0.25, -0.2) is 4.98 Å². The number of fused-ring (bicyclic) bond motifs is 1. The summed E-state index contributed by atoms with van der Waals surface area (Å²) in [6.45, 7) is 5.00. The van der Waals surface area contributed by atoms with Gasteiger partial charge in [0.15, 0.2) is 0 Å². The molecule has 2 aromatic heterocycles. The fourth-order valence-electron chi connectivity index (χ4n) is 4.06. The van der Waals surface area contributed by atoms with Gasteiger partial charge in [0.1, 0.15) is 0 Å².